The average molecular weight is 454 g/mol. The van der Waals surface area contributed by atoms with Gasteiger partial charge in [0.15, 0.2) is 0 Å². The highest BCUT2D eigenvalue weighted by Crippen LogP contribution is 2.20. The number of rotatable bonds is 7. The molecule has 3 aromatic rings. The second kappa shape index (κ2) is 9.00. The minimum absolute atomic E-state index is 0.0438. The number of pyridine rings is 1. The molecule has 1 unspecified atom stereocenters. The van der Waals surface area contributed by atoms with Crippen LogP contribution in [0.15, 0.2) is 58.9 Å². The molecule has 0 spiro atoms. The molecule has 3 rings (SSSR count). The van der Waals surface area contributed by atoms with E-state index in [0.717, 1.165) is 23.1 Å². The molecule has 0 aliphatic heterocycles. The molecule has 0 saturated heterocycles. The van der Waals surface area contributed by atoms with Crippen molar-refractivity contribution >= 4 is 38.9 Å². The lowest BCUT2D eigenvalue weighted by molar-refractivity contribution is 0.0935. The van der Waals surface area contributed by atoms with Crippen molar-refractivity contribution in [1.29, 1.82) is 0 Å². The van der Waals surface area contributed by atoms with Crippen LogP contribution in [0.1, 0.15) is 33.9 Å². The summed E-state index contributed by atoms with van der Waals surface area (Å²) in [5.74, 6) is -1.02. The molecule has 2 heterocycles. The van der Waals surface area contributed by atoms with Crippen molar-refractivity contribution in [3.63, 3.8) is 0 Å². The normalized spacial score (nSPS) is 12.5. The van der Waals surface area contributed by atoms with E-state index < -0.39 is 15.8 Å². The summed E-state index contributed by atoms with van der Waals surface area (Å²) in [5.41, 5.74) is 0.787. The molecule has 0 radical (unpaired) electrons. The van der Waals surface area contributed by atoms with Crippen LogP contribution in [-0.4, -0.2) is 19.3 Å². The van der Waals surface area contributed by atoms with Crippen LogP contribution in [0.5, 0.6) is 0 Å². The Balaban J connectivity index is 1.61. The van der Waals surface area contributed by atoms with Crippen LogP contribution in [0.2, 0.25) is 5.02 Å². The fraction of sp³-hybridized carbons (Fsp3) is 0.158. The summed E-state index contributed by atoms with van der Waals surface area (Å²) >= 11 is 7.19. The second-order valence-electron chi connectivity index (χ2n) is 6.16. The van der Waals surface area contributed by atoms with E-state index in [2.05, 4.69) is 15.0 Å². The molecule has 1 aromatic carbocycles. The van der Waals surface area contributed by atoms with Crippen LogP contribution in [0, 0.1) is 5.82 Å². The molecule has 0 aliphatic carbocycles. The fourth-order valence-electron chi connectivity index (χ4n) is 2.45. The second-order valence-corrected chi connectivity index (χ2v) is 9.32. The van der Waals surface area contributed by atoms with Crippen molar-refractivity contribution in [1.82, 2.24) is 15.0 Å². The van der Waals surface area contributed by atoms with E-state index in [1.165, 1.54) is 12.3 Å². The molecule has 10 heteroatoms. The number of carbonyl (C=O) groups excluding carboxylic acids is 1. The SMILES string of the molecule is CC(NC(=O)c1ccc(CNS(=O)(=O)c2ccc(F)c(Cl)c2)cn1)c1cccs1. The van der Waals surface area contributed by atoms with Gasteiger partial charge >= 0.3 is 0 Å². The number of benzene rings is 1. The molecule has 6 nitrogen and oxygen atoms in total. The third kappa shape index (κ3) is 5.39. The fourth-order valence-corrected chi connectivity index (χ4v) is 4.47. The Hall–Kier alpha value is -2.33. The van der Waals surface area contributed by atoms with Gasteiger partial charge in [0.2, 0.25) is 10.0 Å². The zero-order valence-electron chi connectivity index (χ0n) is 15.2. The summed E-state index contributed by atoms with van der Waals surface area (Å²) in [4.78, 5) is 17.3. The molecule has 0 fully saturated rings. The van der Waals surface area contributed by atoms with Crippen LogP contribution in [0.4, 0.5) is 4.39 Å². The highest BCUT2D eigenvalue weighted by molar-refractivity contribution is 7.89. The summed E-state index contributed by atoms with van der Waals surface area (Å²) in [7, 11) is -3.87. The molecule has 152 valence electrons. The molecule has 1 atom stereocenters. The monoisotopic (exact) mass is 453 g/mol. The number of nitrogens with zero attached hydrogens (tertiary/aromatic N) is 1. The maximum Gasteiger partial charge on any atom is 0.270 e. The first-order valence-corrected chi connectivity index (χ1v) is 11.2. The zero-order valence-corrected chi connectivity index (χ0v) is 17.6. The molecule has 0 bridgehead atoms. The molecule has 1 amide bonds. The summed E-state index contributed by atoms with van der Waals surface area (Å²) in [6.45, 7) is 1.84. The summed E-state index contributed by atoms with van der Waals surface area (Å²) < 4.78 is 40.2. The maximum atomic E-state index is 13.2. The van der Waals surface area contributed by atoms with E-state index in [1.54, 1.807) is 17.4 Å². The summed E-state index contributed by atoms with van der Waals surface area (Å²) in [6, 6.07) is 10.0. The first kappa shape index (κ1) is 21.4. The smallest absolute Gasteiger partial charge is 0.270 e. The number of nitrogens with one attached hydrogen (secondary N) is 2. The van der Waals surface area contributed by atoms with E-state index in [9.17, 15) is 17.6 Å². The van der Waals surface area contributed by atoms with Crippen molar-refractivity contribution in [3.05, 3.63) is 81.0 Å². The number of amides is 1. The van der Waals surface area contributed by atoms with Crippen molar-refractivity contribution in [2.75, 3.05) is 0 Å². The Bertz CT molecular complexity index is 1100. The van der Waals surface area contributed by atoms with Gasteiger partial charge < -0.3 is 5.32 Å². The van der Waals surface area contributed by atoms with Gasteiger partial charge in [0.1, 0.15) is 11.5 Å². The predicted octanol–water partition coefficient (Wildman–Crippen LogP) is 3.91. The van der Waals surface area contributed by atoms with Crippen molar-refractivity contribution < 1.29 is 17.6 Å². The van der Waals surface area contributed by atoms with Crippen LogP contribution in [0.3, 0.4) is 0 Å². The highest BCUT2D eigenvalue weighted by Gasteiger charge is 2.17. The molecule has 29 heavy (non-hydrogen) atoms. The maximum absolute atomic E-state index is 13.2. The van der Waals surface area contributed by atoms with Gasteiger partial charge in [-0.1, -0.05) is 23.7 Å². The lowest BCUT2D eigenvalue weighted by atomic mass is 10.2. The van der Waals surface area contributed by atoms with Crippen LogP contribution in [-0.2, 0) is 16.6 Å². The van der Waals surface area contributed by atoms with E-state index in [0.29, 0.717) is 5.56 Å². The van der Waals surface area contributed by atoms with Crippen molar-refractivity contribution in [3.8, 4) is 0 Å². The number of hydrogen-bond acceptors (Lipinski definition) is 5. The molecule has 0 saturated carbocycles. The van der Waals surface area contributed by atoms with E-state index >= 15 is 0 Å². The van der Waals surface area contributed by atoms with Crippen molar-refractivity contribution in [2.24, 2.45) is 0 Å². The lowest BCUT2D eigenvalue weighted by Gasteiger charge is -2.12. The van der Waals surface area contributed by atoms with Gasteiger partial charge in [-0.2, -0.15) is 0 Å². The Morgan fingerprint density at radius 3 is 2.69 bits per heavy atom. The zero-order chi connectivity index (χ0) is 21.0. The third-order valence-corrected chi connectivity index (χ3v) is 6.79. The van der Waals surface area contributed by atoms with E-state index in [-0.39, 0.29) is 34.1 Å². The molecular weight excluding hydrogens is 437 g/mol. The third-order valence-electron chi connectivity index (χ3n) is 4.04. The number of halogens is 2. The average Bonchev–Trinajstić information content (AvgIpc) is 3.24. The van der Waals surface area contributed by atoms with Gasteiger partial charge in [-0.05, 0) is 48.2 Å². The largest absolute Gasteiger partial charge is 0.343 e. The highest BCUT2D eigenvalue weighted by atomic mass is 35.5. The number of thiophene rings is 1. The number of hydrogen-bond donors (Lipinski definition) is 2. The standard InChI is InChI=1S/C19H17ClFN3O3S2/c1-12(18-3-2-8-28-18)24-19(25)17-7-4-13(10-22-17)11-23-29(26,27)14-5-6-16(21)15(20)9-14/h2-10,12,23H,11H2,1H3,(H,24,25). The number of sulfonamides is 1. The van der Waals surface area contributed by atoms with Crippen LogP contribution < -0.4 is 10.0 Å². The molecule has 0 aliphatic rings. The number of carbonyl (C=O) groups is 1. The van der Waals surface area contributed by atoms with E-state index in [4.69, 9.17) is 11.6 Å². The van der Waals surface area contributed by atoms with Crippen LogP contribution in [0.25, 0.3) is 0 Å². The van der Waals surface area contributed by atoms with Gasteiger partial charge in [0.25, 0.3) is 5.91 Å². The van der Waals surface area contributed by atoms with Gasteiger partial charge in [-0.15, -0.1) is 11.3 Å². The topological polar surface area (TPSA) is 88.2 Å². The molecular formula is C19H17ClFN3O3S2. The predicted molar refractivity (Wildman–Crippen MR) is 110 cm³/mol. The first-order valence-electron chi connectivity index (χ1n) is 8.50. The van der Waals surface area contributed by atoms with Gasteiger partial charge in [0, 0.05) is 17.6 Å². The Labute approximate surface area is 176 Å². The minimum atomic E-state index is -3.87. The first-order chi connectivity index (χ1) is 13.8. The van der Waals surface area contributed by atoms with Gasteiger partial charge in [0.05, 0.1) is 16.0 Å². The van der Waals surface area contributed by atoms with Crippen molar-refractivity contribution in [2.45, 2.75) is 24.4 Å². The molecule has 2 N–H and O–H groups in total. The van der Waals surface area contributed by atoms with Gasteiger partial charge in [-0.3, -0.25) is 9.78 Å². The summed E-state index contributed by atoms with van der Waals surface area (Å²) in [6.07, 6.45) is 1.42. The molecule has 2 aromatic heterocycles. The van der Waals surface area contributed by atoms with Crippen LogP contribution >= 0.6 is 22.9 Å². The summed E-state index contributed by atoms with van der Waals surface area (Å²) in [5, 5.41) is 4.52. The number of aromatic nitrogens is 1. The minimum Gasteiger partial charge on any atom is -0.343 e. The Morgan fingerprint density at radius 1 is 1.28 bits per heavy atom. The van der Waals surface area contributed by atoms with E-state index in [1.807, 2.05) is 24.4 Å². The van der Waals surface area contributed by atoms with Gasteiger partial charge in [-0.25, -0.2) is 17.5 Å². The quantitative estimate of drug-likeness (QED) is 0.567. The Kier molecular flexibility index (Phi) is 6.63. The Morgan fingerprint density at radius 2 is 2.07 bits per heavy atom. The lowest BCUT2D eigenvalue weighted by Crippen LogP contribution is -2.27.